The number of piperazine rings is 1. The van der Waals surface area contributed by atoms with Gasteiger partial charge in [-0.3, -0.25) is 4.79 Å². The van der Waals surface area contributed by atoms with E-state index < -0.39 is 10.0 Å². The molecule has 23 heavy (non-hydrogen) atoms. The maximum atomic E-state index is 12.1. The molecule has 1 N–H and O–H groups in total. The van der Waals surface area contributed by atoms with Crippen LogP contribution in [0.15, 0.2) is 33.6 Å². The summed E-state index contributed by atoms with van der Waals surface area (Å²) in [5.74, 6) is -0.000686. The van der Waals surface area contributed by atoms with Crippen molar-refractivity contribution in [3.63, 3.8) is 0 Å². The van der Waals surface area contributed by atoms with Crippen LogP contribution in [0.3, 0.4) is 0 Å². The maximum absolute atomic E-state index is 12.1. The van der Waals surface area contributed by atoms with Crippen molar-refractivity contribution in [3.05, 3.63) is 28.7 Å². The summed E-state index contributed by atoms with van der Waals surface area (Å²) in [6.07, 6.45) is 0.182. The number of benzene rings is 1. The van der Waals surface area contributed by atoms with Gasteiger partial charge in [0, 0.05) is 43.6 Å². The number of sulfonamides is 1. The van der Waals surface area contributed by atoms with Crippen molar-refractivity contribution >= 4 is 31.9 Å². The number of rotatable bonds is 6. The van der Waals surface area contributed by atoms with Gasteiger partial charge in [0.1, 0.15) is 0 Å². The van der Waals surface area contributed by atoms with E-state index in [0.29, 0.717) is 13.1 Å². The molecule has 1 fully saturated rings. The summed E-state index contributed by atoms with van der Waals surface area (Å²) < 4.78 is 27.6. The highest BCUT2D eigenvalue weighted by Crippen LogP contribution is 2.14. The van der Waals surface area contributed by atoms with Gasteiger partial charge < -0.3 is 9.80 Å². The van der Waals surface area contributed by atoms with Gasteiger partial charge in [-0.05, 0) is 30.8 Å². The lowest BCUT2D eigenvalue weighted by atomic mass is 10.3. The number of carbonyl (C=O) groups excluding carboxylic acids is 1. The summed E-state index contributed by atoms with van der Waals surface area (Å²) in [5, 5.41) is 0. The molecule has 1 aliphatic rings. The molecule has 0 radical (unpaired) electrons. The average molecular weight is 404 g/mol. The Labute approximate surface area is 146 Å². The minimum absolute atomic E-state index is 0.000686. The van der Waals surface area contributed by atoms with Crippen LogP contribution in [0.5, 0.6) is 0 Å². The van der Waals surface area contributed by atoms with Crippen LogP contribution in [-0.4, -0.2) is 63.4 Å². The van der Waals surface area contributed by atoms with Gasteiger partial charge in [-0.1, -0.05) is 22.9 Å². The number of carbonyl (C=O) groups is 1. The normalized spacial score (nSPS) is 16.5. The molecule has 1 amide bonds. The Hall–Kier alpha value is -0.960. The molecule has 6 nitrogen and oxygen atoms in total. The van der Waals surface area contributed by atoms with Crippen LogP contribution in [0.1, 0.15) is 13.3 Å². The minimum atomic E-state index is -3.57. The first-order chi connectivity index (χ1) is 10.9. The Balaban J connectivity index is 1.80. The van der Waals surface area contributed by atoms with Crippen molar-refractivity contribution in [2.24, 2.45) is 0 Å². The third-order valence-corrected chi connectivity index (χ3v) is 5.93. The molecule has 1 heterocycles. The molecule has 0 aliphatic carbocycles. The minimum Gasteiger partial charge on any atom is -0.340 e. The van der Waals surface area contributed by atoms with Gasteiger partial charge in [0.2, 0.25) is 15.9 Å². The SMILES string of the molecule is CCN1CCN(C(=O)CCNS(=O)(=O)c2ccc(Br)cc2)CC1. The average Bonchev–Trinajstić information content (AvgIpc) is 2.55. The molecule has 1 aromatic rings. The van der Waals surface area contributed by atoms with Crippen molar-refractivity contribution < 1.29 is 13.2 Å². The largest absolute Gasteiger partial charge is 0.340 e. The zero-order valence-electron chi connectivity index (χ0n) is 13.2. The summed E-state index contributed by atoms with van der Waals surface area (Å²) in [4.78, 5) is 16.4. The van der Waals surface area contributed by atoms with Gasteiger partial charge in [0.25, 0.3) is 0 Å². The van der Waals surface area contributed by atoms with Gasteiger partial charge in [-0.25, -0.2) is 13.1 Å². The predicted octanol–water partition coefficient (Wildman–Crippen LogP) is 1.28. The highest BCUT2D eigenvalue weighted by molar-refractivity contribution is 9.10. The van der Waals surface area contributed by atoms with Crippen LogP contribution in [0.25, 0.3) is 0 Å². The van der Waals surface area contributed by atoms with Crippen LogP contribution in [0, 0.1) is 0 Å². The lowest BCUT2D eigenvalue weighted by Crippen LogP contribution is -2.49. The maximum Gasteiger partial charge on any atom is 0.240 e. The first-order valence-corrected chi connectivity index (χ1v) is 9.95. The summed E-state index contributed by atoms with van der Waals surface area (Å²) in [6.45, 7) is 6.41. The van der Waals surface area contributed by atoms with Crippen molar-refractivity contribution in [1.29, 1.82) is 0 Å². The Bertz CT molecular complexity index is 626. The number of hydrogen-bond donors (Lipinski definition) is 1. The fraction of sp³-hybridized carbons (Fsp3) is 0.533. The van der Waals surface area contributed by atoms with E-state index in [1.54, 1.807) is 17.0 Å². The summed E-state index contributed by atoms with van der Waals surface area (Å²) in [6, 6.07) is 6.40. The van der Waals surface area contributed by atoms with E-state index in [0.717, 1.165) is 24.1 Å². The Morgan fingerprint density at radius 2 is 1.78 bits per heavy atom. The zero-order chi connectivity index (χ0) is 16.9. The summed E-state index contributed by atoms with van der Waals surface area (Å²) in [5.41, 5.74) is 0. The lowest BCUT2D eigenvalue weighted by Gasteiger charge is -2.34. The highest BCUT2D eigenvalue weighted by Gasteiger charge is 2.20. The fourth-order valence-corrected chi connectivity index (χ4v) is 3.76. The van der Waals surface area contributed by atoms with Crippen LogP contribution < -0.4 is 4.72 Å². The zero-order valence-corrected chi connectivity index (χ0v) is 15.6. The summed E-state index contributed by atoms with van der Waals surface area (Å²) in [7, 11) is -3.57. The quantitative estimate of drug-likeness (QED) is 0.776. The number of hydrogen-bond acceptors (Lipinski definition) is 4. The van der Waals surface area contributed by atoms with E-state index in [-0.39, 0.29) is 23.8 Å². The molecule has 1 aromatic carbocycles. The molecule has 0 atom stereocenters. The van der Waals surface area contributed by atoms with Crippen molar-refractivity contribution in [2.45, 2.75) is 18.2 Å². The second-order valence-corrected chi connectivity index (χ2v) is 8.10. The van der Waals surface area contributed by atoms with Crippen molar-refractivity contribution in [1.82, 2.24) is 14.5 Å². The van der Waals surface area contributed by atoms with Gasteiger partial charge in [0.05, 0.1) is 4.90 Å². The molecule has 128 valence electrons. The lowest BCUT2D eigenvalue weighted by molar-refractivity contribution is -0.132. The number of likely N-dealkylation sites (N-methyl/N-ethyl adjacent to an activating group) is 1. The van der Waals surface area contributed by atoms with Gasteiger partial charge in [0.15, 0.2) is 0 Å². The van der Waals surface area contributed by atoms with E-state index in [4.69, 9.17) is 0 Å². The standard InChI is InChI=1S/C15H22BrN3O3S/c1-2-18-9-11-19(12-10-18)15(20)7-8-17-23(21,22)14-5-3-13(16)4-6-14/h3-6,17H,2,7-12H2,1H3. The molecule has 0 bridgehead atoms. The first-order valence-electron chi connectivity index (χ1n) is 7.68. The monoisotopic (exact) mass is 403 g/mol. The molecule has 1 aliphatic heterocycles. The third-order valence-electron chi connectivity index (χ3n) is 3.93. The van der Waals surface area contributed by atoms with Gasteiger partial charge >= 0.3 is 0 Å². The van der Waals surface area contributed by atoms with E-state index in [2.05, 4.69) is 32.5 Å². The van der Waals surface area contributed by atoms with E-state index >= 15 is 0 Å². The van der Waals surface area contributed by atoms with Crippen LogP contribution >= 0.6 is 15.9 Å². The molecule has 8 heteroatoms. The molecule has 1 saturated heterocycles. The number of amides is 1. The molecular weight excluding hydrogens is 382 g/mol. The van der Waals surface area contributed by atoms with Crippen molar-refractivity contribution in [3.8, 4) is 0 Å². The van der Waals surface area contributed by atoms with E-state index in [9.17, 15) is 13.2 Å². The molecule has 0 spiro atoms. The number of nitrogens with one attached hydrogen (secondary N) is 1. The molecule has 0 saturated carbocycles. The number of nitrogens with zero attached hydrogens (tertiary/aromatic N) is 2. The first kappa shape index (κ1) is 18.4. The third kappa shape index (κ3) is 5.27. The Morgan fingerprint density at radius 1 is 1.17 bits per heavy atom. The predicted molar refractivity (Wildman–Crippen MR) is 92.6 cm³/mol. The van der Waals surface area contributed by atoms with Gasteiger partial charge in [-0.15, -0.1) is 0 Å². The topological polar surface area (TPSA) is 69.7 Å². The molecule has 0 unspecified atom stereocenters. The Kier molecular flexibility index (Phi) is 6.58. The highest BCUT2D eigenvalue weighted by atomic mass is 79.9. The second-order valence-electron chi connectivity index (χ2n) is 5.42. The smallest absolute Gasteiger partial charge is 0.240 e. The van der Waals surface area contributed by atoms with Gasteiger partial charge in [-0.2, -0.15) is 0 Å². The fourth-order valence-electron chi connectivity index (χ4n) is 2.46. The molecular formula is C15H22BrN3O3S. The van der Waals surface area contributed by atoms with Crippen LogP contribution in [-0.2, 0) is 14.8 Å². The second kappa shape index (κ2) is 8.23. The van der Waals surface area contributed by atoms with Crippen LogP contribution in [0.2, 0.25) is 0 Å². The van der Waals surface area contributed by atoms with Crippen LogP contribution in [0.4, 0.5) is 0 Å². The molecule has 0 aromatic heterocycles. The summed E-state index contributed by atoms with van der Waals surface area (Å²) >= 11 is 3.27. The van der Waals surface area contributed by atoms with Crippen molar-refractivity contribution in [2.75, 3.05) is 39.3 Å². The number of halogens is 1. The van der Waals surface area contributed by atoms with E-state index in [1.807, 2.05) is 0 Å². The molecule has 2 rings (SSSR count). The van der Waals surface area contributed by atoms with E-state index in [1.165, 1.54) is 12.1 Å². The Morgan fingerprint density at radius 3 is 2.35 bits per heavy atom.